The predicted molar refractivity (Wildman–Crippen MR) is 94.6 cm³/mol. The van der Waals surface area contributed by atoms with Gasteiger partial charge in [-0.2, -0.15) is 5.10 Å². The van der Waals surface area contributed by atoms with Crippen LogP contribution in [0.3, 0.4) is 0 Å². The molecule has 1 N–H and O–H groups in total. The van der Waals surface area contributed by atoms with Gasteiger partial charge < -0.3 is 10.2 Å². The van der Waals surface area contributed by atoms with E-state index in [9.17, 15) is 4.79 Å². The van der Waals surface area contributed by atoms with Crippen LogP contribution in [0.2, 0.25) is 0 Å². The zero-order valence-corrected chi connectivity index (χ0v) is 14.6. The second kappa shape index (κ2) is 6.82. The van der Waals surface area contributed by atoms with Crippen molar-refractivity contribution in [1.82, 2.24) is 25.1 Å². The smallest absolute Gasteiger partial charge is 0.270 e. The average Bonchev–Trinajstić information content (AvgIpc) is 2.98. The Morgan fingerprint density at radius 2 is 2.12 bits per heavy atom. The predicted octanol–water partition coefficient (Wildman–Crippen LogP) is 1.49. The van der Waals surface area contributed by atoms with E-state index in [1.165, 1.54) is 6.42 Å². The summed E-state index contributed by atoms with van der Waals surface area (Å²) in [5.74, 6) is 0.878. The van der Waals surface area contributed by atoms with Crippen molar-refractivity contribution in [3.8, 4) is 0 Å². The van der Waals surface area contributed by atoms with Crippen LogP contribution in [-0.4, -0.2) is 44.8 Å². The van der Waals surface area contributed by atoms with Crippen molar-refractivity contribution >= 4 is 11.7 Å². The van der Waals surface area contributed by atoms with E-state index < -0.39 is 0 Å². The Balaban J connectivity index is 1.47. The zero-order chi connectivity index (χ0) is 17.2. The molecular formula is C18H24N6O. The average molecular weight is 340 g/mol. The van der Waals surface area contributed by atoms with Crippen molar-refractivity contribution in [2.45, 2.75) is 44.6 Å². The minimum atomic E-state index is 0.00384. The fourth-order valence-corrected chi connectivity index (χ4v) is 3.98. The van der Waals surface area contributed by atoms with Crippen molar-refractivity contribution in [3.63, 3.8) is 0 Å². The molecule has 1 atom stereocenters. The third-order valence-electron chi connectivity index (χ3n) is 5.16. The number of hydrogen-bond donors (Lipinski definition) is 1. The summed E-state index contributed by atoms with van der Waals surface area (Å²) in [5, 5.41) is 7.78. The molecule has 0 bridgehead atoms. The lowest BCUT2D eigenvalue weighted by molar-refractivity contribution is 0.0922. The van der Waals surface area contributed by atoms with Gasteiger partial charge in [0.15, 0.2) is 0 Å². The lowest BCUT2D eigenvalue weighted by Gasteiger charge is -2.33. The third kappa shape index (κ3) is 3.23. The molecule has 7 nitrogen and oxygen atoms in total. The Morgan fingerprint density at radius 1 is 1.24 bits per heavy atom. The summed E-state index contributed by atoms with van der Waals surface area (Å²) in [7, 11) is 1.87. The number of amides is 1. The molecule has 3 heterocycles. The van der Waals surface area contributed by atoms with Crippen LogP contribution in [-0.2, 0) is 19.9 Å². The zero-order valence-electron chi connectivity index (χ0n) is 14.6. The first-order chi connectivity index (χ1) is 12.2. The van der Waals surface area contributed by atoms with Gasteiger partial charge in [-0.05, 0) is 38.5 Å². The maximum absolute atomic E-state index is 12.9. The second-order valence-electron chi connectivity index (χ2n) is 6.93. The summed E-state index contributed by atoms with van der Waals surface area (Å²) in [6.45, 7) is 1.72. The number of carbonyl (C=O) groups excluding carboxylic acids is 1. The van der Waals surface area contributed by atoms with Gasteiger partial charge in [-0.1, -0.05) is 0 Å². The van der Waals surface area contributed by atoms with Crippen LogP contribution < -0.4 is 10.2 Å². The molecular weight excluding hydrogens is 316 g/mol. The van der Waals surface area contributed by atoms with E-state index in [1.807, 2.05) is 7.05 Å². The Morgan fingerprint density at radius 3 is 2.96 bits per heavy atom. The third-order valence-corrected chi connectivity index (χ3v) is 5.16. The standard InChI is InChI=1S/C18H24N6O/c1-23-17(14-6-2-3-7-15(14)22-23)18(25)21-13-5-4-10-24(12-13)16-11-19-8-9-20-16/h8-9,11,13H,2-7,10,12H2,1H3,(H,21,25)/t13-/m1/s1. The molecule has 0 unspecified atom stereocenters. The highest BCUT2D eigenvalue weighted by molar-refractivity contribution is 5.94. The Bertz CT molecular complexity index is 756. The van der Waals surface area contributed by atoms with Gasteiger partial charge in [0.1, 0.15) is 11.5 Å². The largest absolute Gasteiger partial charge is 0.353 e. The van der Waals surface area contributed by atoms with Crippen LogP contribution in [0, 0.1) is 0 Å². The summed E-state index contributed by atoms with van der Waals surface area (Å²) < 4.78 is 1.76. The van der Waals surface area contributed by atoms with Gasteiger partial charge in [-0.3, -0.25) is 14.5 Å². The van der Waals surface area contributed by atoms with Gasteiger partial charge in [-0.25, -0.2) is 4.98 Å². The molecule has 2 aromatic heterocycles. The molecule has 4 rings (SSSR count). The highest BCUT2D eigenvalue weighted by Gasteiger charge is 2.27. The maximum Gasteiger partial charge on any atom is 0.270 e. The van der Waals surface area contributed by atoms with Gasteiger partial charge in [0, 0.05) is 44.1 Å². The number of nitrogens with one attached hydrogen (secondary N) is 1. The van der Waals surface area contributed by atoms with E-state index >= 15 is 0 Å². The molecule has 1 saturated heterocycles. The van der Waals surface area contributed by atoms with Crippen molar-refractivity contribution in [2.75, 3.05) is 18.0 Å². The van der Waals surface area contributed by atoms with Crippen molar-refractivity contribution in [1.29, 1.82) is 0 Å². The SMILES string of the molecule is Cn1nc2c(c1C(=O)N[C@@H]1CCCN(c3cnccn3)C1)CCCC2. The highest BCUT2D eigenvalue weighted by Crippen LogP contribution is 2.24. The van der Waals surface area contributed by atoms with E-state index in [0.717, 1.165) is 68.0 Å². The normalized spacial score (nSPS) is 20.2. The first-order valence-electron chi connectivity index (χ1n) is 9.09. The molecule has 0 saturated carbocycles. The van der Waals surface area contributed by atoms with Gasteiger partial charge in [0.05, 0.1) is 11.9 Å². The summed E-state index contributed by atoms with van der Waals surface area (Å²) in [4.78, 5) is 23.6. The minimum absolute atomic E-state index is 0.00384. The van der Waals surface area contributed by atoms with Crippen molar-refractivity contribution < 1.29 is 4.79 Å². The number of aryl methyl sites for hydroxylation is 2. The number of hydrogen-bond acceptors (Lipinski definition) is 5. The van der Waals surface area contributed by atoms with Gasteiger partial charge >= 0.3 is 0 Å². The lowest BCUT2D eigenvalue weighted by atomic mass is 9.95. The fraction of sp³-hybridized carbons (Fsp3) is 0.556. The number of anilines is 1. The number of carbonyl (C=O) groups is 1. The van der Waals surface area contributed by atoms with Crippen LogP contribution in [0.15, 0.2) is 18.6 Å². The van der Waals surface area contributed by atoms with Gasteiger partial charge in [0.25, 0.3) is 5.91 Å². The van der Waals surface area contributed by atoms with Gasteiger partial charge in [0.2, 0.25) is 0 Å². The second-order valence-corrected chi connectivity index (χ2v) is 6.93. The fourth-order valence-electron chi connectivity index (χ4n) is 3.98. The van der Waals surface area contributed by atoms with Crippen molar-refractivity contribution in [3.05, 3.63) is 35.5 Å². The Kier molecular flexibility index (Phi) is 4.38. The van der Waals surface area contributed by atoms with Crippen LogP contribution >= 0.6 is 0 Å². The van der Waals surface area contributed by atoms with E-state index in [2.05, 4.69) is 25.3 Å². The van der Waals surface area contributed by atoms with Crippen LogP contribution in [0.5, 0.6) is 0 Å². The summed E-state index contributed by atoms with van der Waals surface area (Å²) in [6, 6.07) is 0.123. The number of piperidine rings is 1. The van der Waals surface area contributed by atoms with Gasteiger partial charge in [-0.15, -0.1) is 0 Å². The van der Waals surface area contributed by atoms with Crippen LogP contribution in [0.4, 0.5) is 5.82 Å². The Hall–Kier alpha value is -2.44. The quantitative estimate of drug-likeness (QED) is 0.916. The minimum Gasteiger partial charge on any atom is -0.353 e. The molecule has 1 aliphatic heterocycles. The van der Waals surface area contributed by atoms with Crippen molar-refractivity contribution in [2.24, 2.45) is 7.05 Å². The number of nitrogens with zero attached hydrogens (tertiary/aromatic N) is 5. The summed E-state index contributed by atoms with van der Waals surface area (Å²) >= 11 is 0. The summed E-state index contributed by atoms with van der Waals surface area (Å²) in [6.07, 6.45) is 11.4. The van der Waals surface area contributed by atoms with E-state index in [0.29, 0.717) is 0 Å². The monoisotopic (exact) mass is 340 g/mol. The molecule has 0 radical (unpaired) electrons. The van der Waals surface area contributed by atoms with Crippen LogP contribution in [0.25, 0.3) is 0 Å². The molecule has 1 amide bonds. The molecule has 0 aromatic carbocycles. The number of fused-ring (bicyclic) bond motifs is 1. The first-order valence-corrected chi connectivity index (χ1v) is 9.09. The molecule has 1 aliphatic carbocycles. The number of aromatic nitrogens is 4. The molecule has 0 spiro atoms. The summed E-state index contributed by atoms with van der Waals surface area (Å²) in [5.41, 5.74) is 2.99. The maximum atomic E-state index is 12.9. The lowest BCUT2D eigenvalue weighted by Crippen LogP contribution is -2.48. The molecule has 7 heteroatoms. The van der Waals surface area contributed by atoms with Crippen LogP contribution in [0.1, 0.15) is 47.4 Å². The molecule has 25 heavy (non-hydrogen) atoms. The van der Waals surface area contributed by atoms with E-state index in [-0.39, 0.29) is 11.9 Å². The topological polar surface area (TPSA) is 75.9 Å². The molecule has 1 fully saturated rings. The first kappa shape index (κ1) is 16.1. The van der Waals surface area contributed by atoms with E-state index in [4.69, 9.17) is 0 Å². The molecule has 2 aromatic rings. The highest BCUT2D eigenvalue weighted by atomic mass is 16.2. The number of rotatable bonds is 3. The molecule has 2 aliphatic rings. The molecule has 132 valence electrons. The van der Waals surface area contributed by atoms with E-state index in [1.54, 1.807) is 23.3 Å². The Labute approximate surface area is 147 Å².